The first kappa shape index (κ1) is 15.0. The lowest BCUT2D eigenvalue weighted by Gasteiger charge is -2.36. The van der Waals surface area contributed by atoms with Crippen LogP contribution in [0, 0.1) is 17.8 Å². The first-order chi connectivity index (χ1) is 8.17. The van der Waals surface area contributed by atoms with Gasteiger partial charge in [0, 0.05) is 6.04 Å². The van der Waals surface area contributed by atoms with Gasteiger partial charge < -0.3 is 5.32 Å². The lowest BCUT2D eigenvalue weighted by molar-refractivity contribution is 0.186. The van der Waals surface area contributed by atoms with Crippen LogP contribution in [0.2, 0.25) is 0 Å². The molecule has 0 amide bonds. The lowest BCUT2D eigenvalue weighted by Crippen LogP contribution is -2.40. The van der Waals surface area contributed by atoms with Crippen molar-refractivity contribution in [2.24, 2.45) is 17.8 Å². The zero-order valence-electron chi connectivity index (χ0n) is 12.5. The molecule has 0 aromatic rings. The molecule has 1 aliphatic carbocycles. The van der Waals surface area contributed by atoms with Gasteiger partial charge in [0.15, 0.2) is 0 Å². The Morgan fingerprint density at radius 2 is 1.94 bits per heavy atom. The van der Waals surface area contributed by atoms with Crippen LogP contribution in [0.25, 0.3) is 0 Å². The Kier molecular flexibility index (Phi) is 7.18. The maximum absolute atomic E-state index is 3.72. The van der Waals surface area contributed by atoms with Crippen LogP contribution in [0.15, 0.2) is 0 Å². The fourth-order valence-electron chi connectivity index (χ4n) is 3.37. The zero-order valence-corrected chi connectivity index (χ0v) is 12.5. The van der Waals surface area contributed by atoms with Gasteiger partial charge in [-0.1, -0.05) is 47.0 Å². The van der Waals surface area contributed by atoms with Crippen LogP contribution in [0.4, 0.5) is 0 Å². The van der Waals surface area contributed by atoms with E-state index in [1.54, 1.807) is 0 Å². The van der Waals surface area contributed by atoms with Crippen LogP contribution in [0.5, 0.6) is 0 Å². The largest absolute Gasteiger partial charge is 0.314 e. The number of rotatable bonds is 7. The highest BCUT2D eigenvalue weighted by atomic mass is 14.9. The normalized spacial score (nSPS) is 29.8. The van der Waals surface area contributed by atoms with Gasteiger partial charge >= 0.3 is 0 Å². The van der Waals surface area contributed by atoms with Crippen molar-refractivity contribution in [3.8, 4) is 0 Å². The fraction of sp³-hybridized carbons (Fsp3) is 1.00. The molecule has 0 aromatic carbocycles. The Hall–Kier alpha value is -0.0400. The smallest absolute Gasteiger partial charge is 0.00954 e. The molecule has 102 valence electrons. The molecule has 1 heteroatoms. The number of hydrogen-bond acceptors (Lipinski definition) is 1. The highest BCUT2D eigenvalue weighted by Crippen LogP contribution is 2.34. The third-order valence-corrected chi connectivity index (χ3v) is 4.49. The van der Waals surface area contributed by atoms with Crippen LogP contribution in [-0.2, 0) is 0 Å². The highest BCUT2D eigenvalue weighted by Gasteiger charge is 2.28. The Morgan fingerprint density at radius 1 is 1.18 bits per heavy atom. The Bertz CT molecular complexity index is 188. The van der Waals surface area contributed by atoms with Crippen molar-refractivity contribution >= 4 is 0 Å². The summed E-state index contributed by atoms with van der Waals surface area (Å²) < 4.78 is 0. The molecule has 1 fully saturated rings. The van der Waals surface area contributed by atoms with Gasteiger partial charge in [-0.15, -0.1) is 0 Å². The third-order valence-electron chi connectivity index (χ3n) is 4.49. The summed E-state index contributed by atoms with van der Waals surface area (Å²) in [6.07, 6.45) is 10.0. The summed E-state index contributed by atoms with van der Waals surface area (Å²) >= 11 is 0. The fourth-order valence-corrected chi connectivity index (χ4v) is 3.37. The van der Waals surface area contributed by atoms with E-state index in [-0.39, 0.29) is 0 Å². The van der Waals surface area contributed by atoms with Gasteiger partial charge in [-0.05, 0) is 50.0 Å². The van der Waals surface area contributed by atoms with E-state index in [0.717, 1.165) is 30.3 Å². The molecule has 1 aliphatic rings. The minimum Gasteiger partial charge on any atom is -0.314 e. The second-order valence-electron chi connectivity index (χ2n) is 6.34. The van der Waals surface area contributed by atoms with Gasteiger partial charge in [0.05, 0.1) is 0 Å². The molecule has 0 spiro atoms. The zero-order chi connectivity index (χ0) is 12.7. The summed E-state index contributed by atoms with van der Waals surface area (Å²) in [6, 6.07) is 0.815. The van der Waals surface area contributed by atoms with Gasteiger partial charge in [0.2, 0.25) is 0 Å². The molecule has 1 saturated carbocycles. The molecule has 17 heavy (non-hydrogen) atoms. The molecule has 0 aliphatic heterocycles. The predicted molar refractivity (Wildman–Crippen MR) is 77.3 cm³/mol. The molecule has 1 nitrogen and oxygen atoms in total. The average molecular weight is 239 g/mol. The van der Waals surface area contributed by atoms with E-state index < -0.39 is 0 Å². The van der Waals surface area contributed by atoms with Crippen LogP contribution in [0.3, 0.4) is 0 Å². The van der Waals surface area contributed by atoms with Crippen molar-refractivity contribution in [2.75, 3.05) is 6.54 Å². The second kappa shape index (κ2) is 8.13. The van der Waals surface area contributed by atoms with Crippen LogP contribution in [0.1, 0.15) is 72.6 Å². The quantitative estimate of drug-likeness (QED) is 0.683. The maximum Gasteiger partial charge on any atom is 0.00954 e. The maximum atomic E-state index is 3.72. The minimum absolute atomic E-state index is 0.815. The molecule has 3 atom stereocenters. The van der Waals surface area contributed by atoms with Crippen LogP contribution in [-0.4, -0.2) is 12.6 Å². The molecule has 0 saturated heterocycles. The molecule has 0 heterocycles. The standard InChI is InChI=1S/C16H33N/c1-5-14-10-11-16(17-6-2)15(12-14)9-7-8-13(3)4/h13-17H,5-12H2,1-4H3. The summed E-state index contributed by atoms with van der Waals surface area (Å²) in [4.78, 5) is 0. The molecule has 1 N–H and O–H groups in total. The van der Waals surface area contributed by atoms with Crippen molar-refractivity contribution in [3.63, 3.8) is 0 Å². The van der Waals surface area contributed by atoms with Gasteiger partial charge in [-0.3, -0.25) is 0 Å². The van der Waals surface area contributed by atoms with Crippen LogP contribution >= 0.6 is 0 Å². The van der Waals surface area contributed by atoms with Crippen LogP contribution < -0.4 is 5.32 Å². The number of hydrogen-bond donors (Lipinski definition) is 1. The van der Waals surface area contributed by atoms with E-state index in [1.807, 2.05) is 0 Å². The average Bonchev–Trinajstić information content (AvgIpc) is 2.31. The third kappa shape index (κ3) is 5.42. The van der Waals surface area contributed by atoms with E-state index in [9.17, 15) is 0 Å². The minimum atomic E-state index is 0.815. The number of nitrogens with one attached hydrogen (secondary N) is 1. The molecule has 0 bridgehead atoms. The van der Waals surface area contributed by atoms with E-state index in [1.165, 1.54) is 44.9 Å². The van der Waals surface area contributed by atoms with Crippen molar-refractivity contribution in [2.45, 2.75) is 78.7 Å². The Balaban J connectivity index is 2.37. The van der Waals surface area contributed by atoms with E-state index in [4.69, 9.17) is 0 Å². The first-order valence-electron chi connectivity index (χ1n) is 7.90. The predicted octanol–water partition coefficient (Wildman–Crippen LogP) is 4.62. The van der Waals surface area contributed by atoms with Crippen molar-refractivity contribution < 1.29 is 0 Å². The summed E-state index contributed by atoms with van der Waals surface area (Å²) in [5.74, 6) is 2.83. The summed E-state index contributed by atoms with van der Waals surface area (Å²) in [7, 11) is 0. The van der Waals surface area contributed by atoms with E-state index >= 15 is 0 Å². The summed E-state index contributed by atoms with van der Waals surface area (Å²) in [6.45, 7) is 10.4. The van der Waals surface area contributed by atoms with Crippen molar-refractivity contribution in [1.29, 1.82) is 0 Å². The van der Waals surface area contributed by atoms with Crippen molar-refractivity contribution in [3.05, 3.63) is 0 Å². The Morgan fingerprint density at radius 3 is 2.53 bits per heavy atom. The second-order valence-corrected chi connectivity index (χ2v) is 6.34. The highest BCUT2D eigenvalue weighted by molar-refractivity contribution is 4.84. The van der Waals surface area contributed by atoms with Crippen molar-refractivity contribution in [1.82, 2.24) is 5.32 Å². The van der Waals surface area contributed by atoms with Gasteiger partial charge in [-0.2, -0.15) is 0 Å². The van der Waals surface area contributed by atoms with Gasteiger partial charge in [0.25, 0.3) is 0 Å². The molecule has 3 unspecified atom stereocenters. The van der Waals surface area contributed by atoms with Gasteiger partial charge in [-0.25, -0.2) is 0 Å². The molecule has 0 aromatic heterocycles. The summed E-state index contributed by atoms with van der Waals surface area (Å²) in [5, 5.41) is 3.72. The molecule has 1 rings (SSSR count). The topological polar surface area (TPSA) is 12.0 Å². The monoisotopic (exact) mass is 239 g/mol. The molecule has 0 radical (unpaired) electrons. The summed E-state index contributed by atoms with van der Waals surface area (Å²) in [5.41, 5.74) is 0. The lowest BCUT2D eigenvalue weighted by atomic mass is 9.74. The molecular weight excluding hydrogens is 206 g/mol. The van der Waals surface area contributed by atoms with E-state index in [0.29, 0.717) is 0 Å². The molecular formula is C16H33N. The van der Waals surface area contributed by atoms with Gasteiger partial charge in [0.1, 0.15) is 0 Å². The first-order valence-corrected chi connectivity index (χ1v) is 7.90. The Labute approximate surface area is 109 Å². The SMILES string of the molecule is CCNC1CCC(CC)CC1CCCC(C)C. The van der Waals surface area contributed by atoms with E-state index in [2.05, 4.69) is 33.0 Å².